The molecule has 0 bridgehead atoms. The van der Waals surface area contributed by atoms with Crippen molar-refractivity contribution in [3.05, 3.63) is 11.6 Å². The highest BCUT2D eigenvalue weighted by molar-refractivity contribution is 5.16. The second-order valence-electron chi connectivity index (χ2n) is 2.30. The number of ether oxygens (including phenoxy) is 1. The van der Waals surface area contributed by atoms with Gasteiger partial charge in [-0.2, -0.15) is 0 Å². The van der Waals surface area contributed by atoms with Crippen molar-refractivity contribution in [2.45, 2.75) is 19.8 Å². The molecule has 0 aromatic rings. The lowest BCUT2D eigenvalue weighted by atomic mass is 10.5. The molecule has 1 aliphatic carbocycles. The maximum atomic E-state index is 5.17. The van der Waals surface area contributed by atoms with E-state index in [0.717, 1.165) is 6.61 Å². The minimum Gasteiger partial charge on any atom is -0.365 e. The lowest BCUT2D eigenvalue weighted by Gasteiger charge is -1.90. The van der Waals surface area contributed by atoms with Crippen LogP contribution in [0.15, 0.2) is 11.6 Å². The SMILES string of the molecule is CC#CCOCC=C1CC1. The lowest BCUT2D eigenvalue weighted by Crippen LogP contribution is -1.89. The van der Waals surface area contributed by atoms with E-state index in [0.29, 0.717) is 6.61 Å². The van der Waals surface area contributed by atoms with Crippen LogP contribution in [0, 0.1) is 11.8 Å². The minimum absolute atomic E-state index is 0.570. The molecule has 0 amide bonds. The summed E-state index contributed by atoms with van der Waals surface area (Å²) in [7, 11) is 0. The fourth-order valence-corrected chi connectivity index (χ4v) is 0.635. The van der Waals surface area contributed by atoms with Crippen LogP contribution in [0.25, 0.3) is 0 Å². The van der Waals surface area contributed by atoms with E-state index in [9.17, 15) is 0 Å². The molecule has 0 saturated heterocycles. The molecule has 1 saturated carbocycles. The summed E-state index contributed by atoms with van der Waals surface area (Å²) in [5, 5.41) is 0. The van der Waals surface area contributed by atoms with Crippen molar-refractivity contribution in [3.63, 3.8) is 0 Å². The topological polar surface area (TPSA) is 9.23 Å². The van der Waals surface area contributed by atoms with Crippen molar-refractivity contribution in [1.29, 1.82) is 0 Å². The van der Waals surface area contributed by atoms with E-state index >= 15 is 0 Å². The van der Waals surface area contributed by atoms with Gasteiger partial charge in [0, 0.05) is 0 Å². The lowest BCUT2D eigenvalue weighted by molar-refractivity contribution is 0.199. The first kappa shape index (κ1) is 7.37. The third kappa shape index (κ3) is 3.32. The average Bonchev–Trinajstić information content (AvgIpc) is 2.71. The molecular weight excluding hydrogens is 124 g/mol. The fraction of sp³-hybridized carbons (Fsp3) is 0.556. The highest BCUT2D eigenvalue weighted by atomic mass is 16.5. The predicted octanol–water partition coefficient (Wildman–Crippen LogP) is 1.75. The highest BCUT2D eigenvalue weighted by Gasteiger charge is 2.08. The molecule has 1 nitrogen and oxygen atoms in total. The number of hydrogen-bond donors (Lipinski definition) is 0. The molecule has 1 rings (SSSR count). The van der Waals surface area contributed by atoms with Crippen LogP contribution >= 0.6 is 0 Å². The Balaban J connectivity index is 1.93. The van der Waals surface area contributed by atoms with Crippen molar-refractivity contribution >= 4 is 0 Å². The smallest absolute Gasteiger partial charge is 0.108 e. The third-order valence-corrected chi connectivity index (χ3v) is 1.38. The van der Waals surface area contributed by atoms with E-state index < -0.39 is 0 Å². The molecule has 0 atom stereocenters. The Morgan fingerprint density at radius 3 is 3.00 bits per heavy atom. The van der Waals surface area contributed by atoms with Crippen LogP contribution in [-0.4, -0.2) is 13.2 Å². The Bertz CT molecular complexity index is 175. The normalized spacial score (nSPS) is 13.9. The van der Waals surface area contributed by atoms with Crippen LogP contribution in [0.4, 0.5) is 0 Å². The van der Waals surface area contributed by atoms with Crippen LogP contribution in [-0.2, 0) is 4.74 Å². The van der Waals surface area contributed by atoms with Crippen LogP contribution in [0.2, 0.25) is 0 Å². The first-order chi connectivity index (χ1) is 4.93. The van der Waals surface area contributed by atoms with E-state index in [4.69, 9.17) is 4.74 Å². The van der Waals surface area contributed by atoms with Gasteiger partial charge >= 0.3 is 0 Å². The first-order valence-electron chi connectivity index (χ1n) is 3.58. The molecule has 0 N–H and O–H groups in total. The van der Waals surface area contributed by atoms with Crippen molar-refractivity contribution in [2.75, 3.05) is 13.2 Å². The minimum atomic E-state index is 0.570. The molecule has 54 valence electrons. The Morgan fingerprint density at radius 2 is 2.40 bits per heavy atom. The highest BCUT2D eigenvalue weighted by Crippen LogP contribution is 2.26. The molecular formula is C9H12O. The van der Waals surface area contributed by atoms with Gasteiger partial charge in [0.15, 0.2) is 0 Å². The zero-order valence-corrected chi connectivity index (χ0v) is 6.31. The molecule has 1 fully saturated rings. The van der Waals surface area contributed by atoms with Gasteiger partial charge in [0.2, 0.25) is 0 Å². The van der Waals surface area contributed by atoms with E-state index in [-0.39, 0.29) is 0 Å². The molecule has 1 aliphatic rings. The zero-order valence-electron chi connectivity index (χ0n) is 6.31. The van der Waals surface area contributed by atoms with Gasteiger partial charge in [-0.1, -0.05) is 17.6 Å². The summed E-state index contributed by atoms with van der Waals surface area (Å²) in [5.74, 6) is 5.62. The van der Waals surface area contributed by atoms with E-state index in [1.54, 1.807) is 0 Å². The molecule has 0 unspecified atom stereocenters. The summed E-state index contributed by atoms with van der Waals surface area (Å²) in [6.07, 6.45) is 4.71. The average molecular weight is 136 g/mol. The Hall–Kier alpha value is -0.740. The van der Waals surface area contributed by atoms with Gasteiger partial charge in [0.1, 0.15) is 6.61 Å². The van der Waals surface area contributed by atoms with Gasteiger partial charge in [-0.15, -0.1) is 5.92 Å². The number of hydrogen-bond acceptors (Lipinski definition) is 1. The molecule has 0 radical (unpaired) electrons. The standard InChI is InChI=1S/C9H12O/c1-2-3-7-10-8-6-9-4-5-9/h6H,4-5,7-8H2,1H3. The largest absolute Gasteiger partial charge is 0.365 e. The van der Waals surface area contributed by atoms with Crippen LogP contribution in [0.5, 0.6) is 0 Å². The quantitative estimate of drug-likeness (QED) is 0.326. The Kier molecular flexibility index (Phi) is 3.05. The number of allylic oxidation sites excluding steroid dienone is 1. The fourth-order valence-electron chi connectivity index (χ4n) is 0.635. The first-order valence-corrected chi connectivity index (χ1v) is 3.58. The molecule has 0 aromatic carbocycles. The van der Waals surface area contributed by atoms with Gasteiger partial charge < -0.3 is 4.74 Å². The van der Waals surface area contributed by atoms with Crippen molar-refractivity contribution in [2.24, 2.45) is 0 Å². The molecule has 0 aliphatic heterocycles. The Labute approximate surface area is 62.1 Å². The van der Waals surface area contributed by atoms with E-state index in [2.05, 4.69) is 17.9 Å². The maximum Gasteiger partial charge on any atom is 0.108 e. The summed E-state index contributed by atoms with van der Waals surface area (Å²) in [4.78, 5) is 0. The Morgan fingerprint density at radius 1 is 1.60 bits per heavy atom. The summed E-state index contributed by atoms with van der Waals surface area (Å²) >= 11 is 0. The van der Waals surface area contributed by atoms with Crippen LogP contribution < -0.4 is 0 Å². The molecule has 0 aromatic heterocycles. The summed E-state index contributed by atoms with van der Waals surface area (Å²) in [6, 6.07) is 0. The molecule has 10 heavy (non-hydrogen) atoms. The second kappa shape index (κ2) is 4.14. The summed E-state index contributed by atoms with van der Waals surface area (Å²) in [6.45, 7) is 3.13. The molecule has 0 spiro atoms. The predicted molar refractivity (Wildman–Crippen MR) is 41.6 cm³/mol. The maximum absolute atomic E-state index is 5.17. The zero-order chi connectivity index (χ0) is 7.23. The van der Waals surface area contributed by atoms with E-state index in [1.807, 2.05) is 6.92 Å². The van der Waals surface area contributed by atoms with E-state index in [1.165, 1.54) is 18.4 Å². The van der Waals surface area contributed by atoms with Crippen molar-refractivity contribution < 1.29 is 4.74 Å². The summed E-state index contributed by atoms with van der Waals surface area (Å²) < 4.78 is 5.17. The number of rotatable bonds is 3. The van der Waals surface area contributed by atoms with Gasteiger partial charge in [0.25, 0.3) is 0 Å². The monoisotopic (exact) mass is 136 g/mol. The van der Waals surface area contributed by atoms with Gasteiger partial charge in [-0.25, -0.2) is 0 Å². The van der Waals surface area contributed by atoms with Gasteiger partial charge in [-0.3, -0.25) is 0 Å². The second-order valence-corrected chi connectivity index (χ2v) is 2.30. The van der Waals surface area contributed by atoms with Gasteiger partial charge in [-0.05, 0) is 19.8 Å². The summed E-state index contributed by atoms with van der Waals surface area (Å²) in [5.41, 5.74) is 1.53. The molecule has 1 heteroatoms. The van der Waals surface area contributed by atoms with Gasteiger partial charge in [0.05, 0.1) is 6.61 Å². The molecule has 0 heterocycles. The van der Waals surface area contributed by atoms with Crippen LogP contribution in [0.3, 0.4) is 0 Å². The van der Waals surface area contributed by atoms with Crippen molar-refractivity contribution in [3.8, 4) is 11.8 Å². The van der Waals surface area contributed by atoms with Crippen molar-refractivity contribution in [1.82, 2.24) is 0 Å². The van der Waals surface area contributed by atoms with Crippen LogP contribution in [0.1, 0.15) is 19.8 Å². The third-order valence-electron chi connectivity index (χ3n) is 1.38.